The van der Waals surface area contributed by atoms with Crippen LogP contribution in [-0.4, -0.2) is 47.0 Å². The molecule has 0 amide bonds. The second-order valence-electron chi connectivity index (χ2n) is 7.83. The Hall–Kier alpha value is -2.21. The van der Waals surface area contributed by atoms with Gasteiger partial charge in [0.15, 0.2) is 0 Å². The number of aromatic nitrogens is 3. The fourth-order valence-corrected chi connectivity index (χ4v) is 3.33. The van der Waals surface area contributed by atoms with Gasteiger partial charge in [-0.15, -0.1) is 0 Å². The van der Waals surface area contributed by atoms with Crippen molar-refractivity contribution in [3.05, 3.63) is 41.2 Å². The van der Waals surface area contributed by atoms with Crippen molar-refractivity contribution in [2.75, 3.05) is 37.4 Å². The largest absolute Gasteiger partial charge is 0.350 e. The van der Waals surface area contributed by atoms with Crippen LogP contribution >= 0.6 is 0 Å². The first-order valence-electron chi connectivity index (χ1n) is 9.99. The van der Waals surface area contributed by atoms with Crippen LogP contribution in [0, 0.1) is 0 Å². The standard InChI is InChI=1S/C21H32N6/c1-16(2)19-23-20(25-21(24-19)26(3)4)22-14-17-10-6-7-11-18(17)15-27-12-8-5-9-13-27/h6-7,10-11,16H,5,8-9,12-15H2,1-4H3,(H,22,23,24,25). The number of hydrogen-bond donors (Lipinski definition) is 1. The number of piperidine rings is 1. The maximum atomic E-state index is 4.61. The Kier molecular flexibility index (Phi) is 6.61. The van der Waals surface area contributed by atoms with Crippen molar-refractivity contribution in [3.8, 4) is 0 Å². The number of benzene rings is 1. The summed E-state index contributed by atoms with van der Waals surface area (Å²) in [5.41, 5.74) is 2.69. The molecule has 1 fully saturated rings. The summed E-state index contributed by atoms with van der Waals surface area (Å²) in [6.07, 6.45) is 4.00. The fourth-order valence-electron chi connectivity index (χ4n) is 3.33. The Morgan fingerprint density at radius 2 is 1.70 bits per heavy atom. The van der Waals surface area contributed by atoms with Gasteiger partial charge in [0, 0.05) is 33.1 Å². The first kappa shape index (κ1) is 19.5. The molecule has 1 aliphatic rings. The van der Waals surface area contributed by atoms with Crippen molar-refractivity contribution in [1.82, 2.24) is 19.9 Å². The van der Waals surface area contributed by atoms with Crippen LogP contribution < -0.4 is 10.2 Å². The minimum absolute atomic E-state index is 0.263. The Labute approximate surface area is 163 Å². The van der Waals surface area contributed by atoms with Gasteiger partial charge in [-0.25, -0.2) is 0 Å². The van der Waals surface area contributed by atoms with E-state index in [1.807, 2.05) is 19.0 Å². The van der Waals surface area contributed by atoms with Crippen LogP contribution in [0.3, 0.4) is 0 Å². The summed E-state index contributed by atoms with van der Waals surface area (Å²) in [6, 6.07) is 8.68. The third-order valence-corrected chi connectivity index (χ3v) is 4.96. The molecule has 1 N–H and O–H groups in total. The molecule has 27 heavy (non-hydrogen) atoms. The average molecular weight is 369 g/mol. The van der Waals surface area contributed by atoms with E-state index in [1.165, 1.54) is 43.5 Å². The third-order valence-electron chi connectivity index (χ3n) is 4.96. The highest BCUT2D eigenvalue weighted by Gasteiger charge is 2.14. The molecule has 0 bridgehead atoms. The predicted molar refractivity (Wildman–Crippen MR) is 111 cm³/mol. The number of rotatable bonds is 7. The molecule has 2 aromatic rings. The minimum atomic E-state index is 0.263. The smallest absolute Gasteiger partial charge is 0.229 e. The third kappa shape index (κ3) is 5.39. The summed E-state index contributed by atoms with van der Waals surface area (Å²) in [5.74, 6) is 2.42. The van der Waals surface area contributed by atoms with Gasteiger partial charge in [-0.05, 0) is 37.1 Å². The average Bonchev–Trinajstić information content (AvgIpc) is 2.68. The maximum absolute atomic E-state index is 4.61. The van der Waals surface area contributed by atoms with E-state index >= 15 is 0 Å². The first-order chi connectivity index (χ1) is 13.0. The topological polar surface area (TPSA) is 57.2 Å². The summed E-state index contributed by atoms with van der Waals surface area (Å²) in [7, 11) is 3.91. The van der Waals surface area contributed by atoms with Crippen molar-refractivity contribution in [1.29, 1.82) is 0 Å². The van der Waals surface area contributed by atoms with E-state index in [2.05, 4.69) is 63.3 Å². The summed E-state index contributed by atoms with van der Waals surface area (Å²) >= 11 is 0. The number of anilines is 2. The second-order valence-corrected chi connectivity index (χ2v) is 7.83. The van der Waals surface area contributed by atoms with Crippen LogP contribution in [-0.2, 0) is 13.1 Å². The van der Waals surface area contributed by atoms with Crippen LogP contribution in [0.15, 0.2) is 24.3 Å². The van der Waals surface area contributed by atoms with Crippen LogP contribution in [0.1, 0.15) is 56.0 Å². The van der Waals surface area contributed by atoms with Gasteiger partial charge in [-0.3, -0.25) is 4.90 Å². The monoisotopic (exact) mass is 368 g/mol. The van der Waals surface area contributed by atoms with E-state index in [0.717, 1.165) is 18.9 Å². The quantitative estimate of drug-likeness (QED) is 0.805. The summed E-state index contributed by atoms with van der Waals surface area (Å²) in [4.78, 5) is 18.2. The lowest BCUT2D eigenvalue weighted by molar-refractivity contribution is 0.220. The molecule has 0 aliphatic carbocycles. The summed E-state index contributed by atoms with van der Waals surface area (Å²) in [5, 5.41) is 3.42. The van der Waals surface area contributed by atoms with E-state index < -0.39 is 0 Å². The Balaban J connectivity index is 1.73. The van der Waals surface area contributed by atoms with Crippen molar-refractivity contribution >= 4 is 11.9 Å². The van der Waals surface area contributed by atoms with Gasteiger partial charge in [0.05, 0.1) is 0 Å². The Morgan fingerprint density at radius 3 is 2.37 bits per heavy atom. The molecule has 0 spiro atoms. The van der Waals surface area contributed by atoms with Crippen molar-refractivity contribution in [2.45, 2.75) is 52.1 Å². The molecule has 3 rings (SSSR count). The predicted octanol–water partition coefficient (Wildman–Crippen LogP) is 3.66. The van der Waals surface area contributed by atoms with E-state index in [4.69, 9.17) is 0 Å². The van der Waals surface area contributed by atoms with Crippen LogP contribution in [0.25, 0.3) is 0 Å². The number of nitrogens with one attached hydrogen (secondary N) is 1. The lowest BCUT2D eigenvalue weighted by Gasteiger charge is -2.27. The zero-order chi connectivity index (χ0) is 19.2. The second kappa shape index (κ2) is 9.13. The Morgan fingerprint density at radius 1 is 1.00 bits per heavy atom. The van der Waals surface area contributed by atoms with Crippen molar-refractivity contribution in [2.24, 2.45) is 0 Å². The highest BCUT2D eigenvalue weighted by Crippen LogP contribution is 2.18. The molecule has 1 aromatic heterocycles. The number of hydrogen-bond acceptors (Lipinski definition) is 6. The fraction of sp³-hybridized carbons (Fsp3) is 0.571. The van der Waals surface area contributed by atoms with E-state index in [1.54, 1.807) is 0 Å². The molecule has 6 nitrogen and oxygen atoms in total. The number of likely N-dealkylation sites (tertiary alicyclic amines) is 1. The lowest BCUT2D eigenvalue weighted by atomic mass is 10.0. The molecule has 2 heterocycles. The molecule has 0 unspecified atom stereocenters. The molecule has 0 atom stereocenters. The van der Waals surface area contributed by atoms with Crippen LogP contribution in [0.2, 0.25) is 0 Å². The highest BCUT2D eigenvalue weighted by atomic mass is 15.3. The molecular weight excluding hydrogens is 336 g/mol. The molecule has 146 valence electrons. The summed E-state index contributed by atoms with van der Waals surface area (Å²) in [6.45, 7) is 8.37. The van der Waals surface area contributed by atoms with E-state index in [-0.39, 0.29) is 5.92 Å². The van der Waals surface area contributed by atoms with Crippen LogP contribution in [0.4, 0.5) is 11.9 Å². The van der Waals surface area contributed by atoms with Gasteiger partial charge in [0.2, 0.25) is 11.9 Å². The maximum Gasteiger partial charge on any atom is 0.229 e. The van der Waals surface area contributed by atoms with Gasteiger partial charge >= 0.3 is 0 Å². The molecule has 6 heteroatoms. The van der Waals surface area contributed by atoms with Crippen molar-refractivity contribution in [3.63, 3.8) is 0 Å². The molecule has 1 saturated heterocycles. The Bertz CT molecular complexity index is 711. The van der Waals surface area contributed by atoms with Gasteiger partial charge < -0.3 is 10.2 Å². The zero-order valence-electron chi connectivity index (χ0n) is 17.1. The van der Waals surface area contributed by atoms with Gasteiger partial charge in [0.25, 0.3) is 0 Å². The van der Waals surface area contributed by atoms with Gasteiger partial charge in [-0.1, -0.05) is 44.5 Å². The van der Waals surface area contributed by atoms with Crippen molar-refractivity contribution < 1.29 is 0 Å². The normalized spacial score (nSPS) is 15.1. The SMILES string of the molecule is CC(C)c1nc(NCc2ccccc2CN2CCCCC2)nc(N(C)C)n1. The summed E-state index contributed by atoms with van der Waals surface area (Å²) < 4.78 is 0. The molecule has 1 aromatic carbocycles. The molecule has 1 aliphatic heterocycles. The van der Waals surface area contributed by atoms with Crippen LogP contribution in [0.5, 0.6) is 0 Å². The van der Waals surface area contributed by atoms with Gasteiger partial charge in [-0.2, -0.15) is 15.0 Å². The van der Waals surface area contributed by atoms with E-state index in [0.29, 0.717) is 11.9 Å². The molecular formula is C21H32N6. The minimum Gasteiger partial charge on any atom is -0.350 e. The van der Waals surface area contributed by atoms with Gasteiger partial charge in [0.1, 0.15) is 5.82 Å². The zero-order valence-corrected chi connectivity index (χ0v) is 17.1. The highest BCUT2D eigenvalue weighted by molar-refractivity contribution is 5.38. The van der Waals surface area contributed by atoms with E-state index in [9.17, 15) is 0 Å². The number of nitrogens with zero attached hydrogens (tertiary/aromatic N) is 5. The lowest BCUT2D eigenvalue weighted by Crippen LogP contribution is -2.29. The molecule has 0 radical (unpaired) electrons. The molecule has 0 saturated carbocycles. The first-order valence-corrected chi connectivity index (χ1v) is 9.99.